The predicted molar refractivity (Wildman–Crippen MR) is 69.8 cm³/mol. The molecule has 0 fully saturated rings. The summed E-state index contributed by atoms with van der Waals surface area (Å²) in [5.41, 5.74) is 0.455. The Labute approximate surface area is 110 Å². The lowest BCUT2D eigenvalue weighted by Gasteiger charge is -2.11. The highest BCUT2D eigenvalue weighted by Crippen LogP contribution is 2.14. The van der Waals surface area contributed by atoms with Crippen molar-refractivity contribution < 1.29 is 4.79 Å². The van der Waals surface area contributed by atoms with Crippen LogP contribution in [0.25, 0.3) is 0 Å². The first-order valence-corrected chi connectivity index (χ1v) is 5.92. The van der Waals surface area contributed by atoms with Crippen LogP contribution in [0.3, 0.4) is 0 Å². The third-order valence-corrected chi connectivity index (χ3v) is 2.61. The van der Waals surface area contributed by atoms with E-state index in [1.54, 1.807) is 29.1 Å². The van der Waals surface area contributed by atoms with Gasteiger partial charge in [0.15, 0.2) is 0 Å². The Bertz CT molecular complexity index is 547. The molecule has 2 heterocycles. The third-order valence-electron chi connectivity index (χ3n) is 2.39. The van der Waals surface area contributed by atoms with Crippen LogP contribution in [0.4, 0.5) is 5.82 Å². The summed E-state index contributed by atoms with van der Waals surface area (Å²) in [6.45, 7) is 3.99. The first-order chi connectivity index (χ1) is 8.58. The molecule has 0 radical (unpaired) electrons. The number of hydrogen-bond donors (Lipinski definition) is 1. The first kappa shape index (κ1) is 12.6. The van der Waals surface area contributed by atoms with Crippen molar-refractivity contribution in [3.05, 3.63) is 41.3 Å². The molecular formula is C12H13ClN4O. The molecule has 0 atom stereocenters. The summed E-state index contributed by atoms with van der Waals surface area (Å²) in [7, 11) is 0. The number of aromatic nitrogens is 3. The molecule has 94 valence electrons. The van der Waals surface area contributed by atoms with Crippen LogP contribution in [0.5, 0.6) is 0 Å². The van der Waals surface area contributed by atoms with Crippen molar-refractivity contribution in [2.75, 3.05) is 5.32 Å². The predicted octanol–water partition coefficient (Wildman–Crippen LogP) is 2.76. The van der Waals surface area contributed by atoms with E-state index in [4.69, 9.17) is 11.6 Å². The molecule has 0 saturated carbocycles. The fourth-order valence-electron chi connectivity index (χ4n) is 1.52. The smallest absolute Gasteiger partial charge is 0.258 e. The lowest BCUT2D eigenvalue weighted by atomic mass is 10.3. The Morgan fingerprint density at radius 1 is 1.39 bits per heavy atom. The van der Waals surface area contributed by atoms with Crippen molar-refractivity contribution in [1.82, 2.24) is 14.8 Å². The molecule has 0 aliphatic carbocycles. The molecule has 6 heteroatoms. The summed E-state index contributed by atoms with van der Waals surface area (Å²) in [4.78, 5) is 15.8. The highest BCUT2D eigenvalue weighted by atomic mass is 35.5. The highest BCUT2D eigenvalue weighted by Gasteiger charge is 2.11. The van der Waals surface area contributed by atoms with Gasteiger partial charge in [-0.2, -0.15) is 5.10 Å². The topological polar surface area (TPSA) is 59.8 Å². The SMILES string of the molecule is CC(C)n1nccc1NC(=O)c1ccc(Cl)nc1. The lowest BCUT2D eigenvalue weighted by Crippen LogP contribution is -2.16. The lowest BCUT2D eigenvalue weighted by molar-refractivity contribution is 0.102. The van der Waals surface area contributed by atoms with Gasteiger partial charge in [0, 0.05) is 18.3 Å². The molecule has 2 rings (SSSR count). The van der Waals surface area contributed by atoms with E-state index in [0.29, 0.717) is 16.5 Å². The van der Waals surface area contributed by atoms with Crippen molar-refractivity contribution in [3.8, 4) is 0 Å². The number of anilines is 1. The summed E-state index contributed by atoms with van der Waals surface area (Å²) in [6, 6.07) is 5.14. The summed E-state index contributed by atoms with van der Waals surface area (Å²) in [6.07, 6.45) is 3.09. The van der Waals surface area contributed by atoms with Crippen molar-refractivity contribution in [3.63, 3.8) is 0 Å². The van der Waals surface area contributed by atoms with Crippen molar-refractivity contribution >= 4 is 23.3 Å². The first-order valence-electron chi connectivity index (χ1n) is 5.54. The van der Waals surface area contributed by atoms with Crippen LogP contribution in [-0.4, -0.2) is 20.7 Å². The Morgan fingerprint density at radius 3 is 2.78 bits per heavy atom. The Morgan fingerprint density at radius 2 is 2.17 bits per heavy atom. The van der Waals surface area contributed by atoms with Gasteiger partial charge in [0.05, 0.1) is 11.8 Å². The molecular weight excluding hydrogens is 252 g/mol. The van der Waals surface area contributed by atoms with Crippen LogP contribution in [0, 0.1) is 0 Å². The molecule has 1 N–H and O–H groups in total. The minimum absolute atomic E-state index is 0.179. The quantitative estimate of drug-likeness (QED) is 0.867. The molecule has 0 aliphatic rings. The van der Waals surface area contributed by atoms with E-state index in [9.17, 15) is 4.79 Å². The van der Waals surface area contributed by atoms with Gasteiger partial charge < -0.3 is 5.32 Å². The number of carbonyl (C=O) groups excluding carboxylic acids is 1. The van der Waals surface area contributed by atoms with E-state index in [1.165, 1.54) is 6.20 Å². The van der Waals surface area contributed by atoms with Crippen molar-refractivity contribution in [2.45, 2.75) is 19.9 Å². The van der Waals surface area contributed by atoms with E-state index < -0.39 is 0 Å². The second-order valence-electron chi connectivity index (χ2n) is 4.08. The van der Waals surface area contributed by atoms with Crippen molar-refractivity contribution in [1.29, 1.82) is 0 Å². The molecule has 0 saturated heterocycles. The zero-order valence-electron chi connectivity index (χ0n) is 10.1. The number of carbonyl (C=O) groups is 1. The number of rotatable bonds is 3. The maximum Gasteiger partial charge on any atom is 0.258 e. The van der Waals surface area contributed by atoms with Crippen LogP contribution in [0.2, 0.25) is 5.15 Å². The summed E-state index contributed by atoms with van der Waals surface area (Å²) in [5, 5.41) is 7.29. The van der Waals surface area contributed by atoms with Gasteiger partial charge in [0.2, 0.25) is 0 Å². The van der Waals surface area contributed by atoms with Gasteiger partial charge >= 0.3 is 0 Å². The van der Waals surface area contributed by atoms with Gasteiger partial charge in [-0.25, -0.2) is 9.67 Å². The molecule has 0 aliphatic heterocycles. The summed E-state index contributed by atoms with van der Waals surface area (Å²) in [5.74, 6) is 0.423. The van der Waals surface area contributed by atoms with E-state index in [0.717, 1.165) is 0 Å². The maximum atomic E-state index is 12.0. The number of pyridine rings is 1. The standard InChI is InChI=1S/C12H13ClN4O/c1-8(2)17-11(5-6-15-17)16-12(18)9-3-4-10(13)14-7-9/h3-8H,1-2H3,(H,16,18). The molecule has 1 amide bonds. The van der Waals surface area contributed by atoms with E-state index in [-0.39, 0.29) is 11.9 Å². The van der Waals surface area contributed by atoms with Gasteiger partial charge in [0.25, 0.3) is 5.91 Å². The maximum absolute atomic E-state index is 12.0. The van der Waals surface area contributed by atoms with Gasteiger partial charge in [-0.15, -0.1) is 0 Å². The molecule has 2 aromatic heterocycles. The van der Waals surface area contributed by atoms with Crippen LogP contribution in [-0.2, 0) is 0 Å². The Balaban J connectivity index is 2.16. The molecule has 0 unspecified atom stereocenters. The third kappa shape index (κ3) is 2.68. The summed E-state index contributed by atoms with van der Waals surface area (Å²) < 4.78 is 1.74. The number of nitrogens with one attached hydrogen (secondary N) is 1. The van der Waals surface area contributed by atoms with E-state index in [2.05, 4.69) is 15.4 Å². The number of amides is 1. The monoisotopic (exact) mass is 264 g/mol. The van der Waals surface area contributed by atoms with Crippen LogP contribution in [0.15, 0.2) is 30.6 Å². The minimum Gasteiger partial charge on any atom is -0.307 e. The van der Waals surface area contributed by atoms with Crippen molar-refractivity contribution in [2.24, 2.45) is 0 Å². The summed E-state index contributed by atoms with van der Waals surface area (Å²) >= 11 is 5.67. The molecule has 5 nitrogen and oxygen atoms in total. The normalized spacial score (nSPS) is 10.7. The van der Waals surface area contributed by atoms with E-state index in [1.807, 2.05) is 13.8 Å². The molecule has 0 aromatic carbocycles. The fourth-order valence-corrected chi connectivity index (χ4v) is 1.64. The second kappa shape index (κ2) is 5.18. The van der Waals surface area contributed by atoms with E-state index >= 15 is 0 Å². The molecule has 0 spiro atoms. The van der Waals surface area contributed by atoms with Crippen LogP contribution < -0.4 is 5.32 Å². The molecule has 2 aromatic rings. The van der Waals surface area contributed by atoms with Gasteiger partial charge in [-0.05, 0) is 26.0 Å². The Hall–Kier alpha value is -1.88. The second-order valence-corrected chi connectivity index (χ2v) is 4.47. The average molecular weight is 265 g/mol. The fraction of sp³-hybridized carbons (Fsp3) is 0.250. The number of hydrogen-bond acceptors (Lipinski definition) is 3. The largest absolute Gasteiger partial charge is 0.307 e. The molecule has 18 heavy (non-hydrogen) atoms. The van der Waals surface area contributed by atoms with Gasteiger partial charge in [0.1, 0.15) is 11.0 Å². The zero-order chi connectivity index (χ0) is 13.1. The van der Waals surface area contributed by atoms with Gasteiger partial charge in [-0.3, -0.25) is 4.79 Å². The van der Waals surface area contributed by atoms with Crippen LogP contribution >= 0.6 is 11.6 Å². The minimum atomic E-state index is -0.235. The average Bonchev–Trinajstić information content (AvgIpc) is 2.78. The van der Waals surface area contributed by atoms with Gasteiger partial charge in [-0.1, -0.05) is 11.6 Å². The number of nitrogens with zero attached hydrogens (tertiary/aromatic N) is 3. The Kier molecular flexibility index (Phi) is 3.62. The molecule has 0 bridgehead atoms. The van der Waals surface area contributed by atoms with Crippen LogP contribution in [0.1, 0.15) is 30.2 Å². The zero-order valence-corrected chi connectivity index (χ0v) is 10.8. The number of halogens is 1. The highest BCUT2D eigenvalue weighted by molar-refractivity contribution is 6.29.